The molecule has 3 heterocycles. The topological polar surface area (TPSA) is 133 Å². The Hall–Kier alpha value is -3.92. The minimum Gasteiger partial charge on any atom is -0.494 e. The molecule has 1 aromatic carbocycles. The van der Waals surface area contributed by atoms with Crippen molar-refractivity contribution in [1.82, 2.24) is 14.8 Å². The van der Waals surface area contributed by atoms with Crippen LogP contribution in [0.4, 0.5) is 17.2 Å². The molecule has 10 nitrogen and oxygen atoms in total. The summed E-state index contributed by atoms with van der Waals surface area (Å²) < 4.78 is 13.3. The third-order valence-corrected chi connectivity index (χ3v) is 6.25. The van der Waals surface area contributed by atoms with Gasteiger partial charge in [0, 0.05) is 36.5 Å². The van der Waals surface area contributed by atoms with Crippen molar-refractivity contribution in [1.29, 1.82) is 0 Å². The number of nitrogens with one attached hydrogen (secondary N) is 2. The Morgan fingerprint density at radius 3 is 2.77 bits per heavy atom. The molecule has 2 aliphatic rings. The number of primary amides is 1. The molecule has 0 radical (unpaired) electrons. The minimum atomic E-state index is -0.636. The molecule has 4 N–H and O–H groups in total. The number of ether oxygens (including phenoxy) is 2. The van der Waals surface area contributed by atoms with Crippen molar-refractivity contribution in [3.8, 4) is 17.0 Å². The van der Waals surface area contributed by atoms with Crippen molar-refractivity contribution in [2.75, 3.05) is 31.0 Å². The summed E-state index contributed by atoms with van der Waals surface area (Å²) in [6.07, 6.45) is 7.11. The maximum atomic E-state index is 12.2. The molecule has 1 saturated heterocycles. The van der Waals surface area contributed by atoms with Crippen LogP contribution >= 0.6 is 0 Å². The molecule has 5 rings (SSSR count). The van der Waals surface area contributed by atoms with Crippen LogP contribution in [0.25, 0.3) is 11.3 Å². The minimum absolute atomic E-state index is 0.0285. The molecule has 2 fully saturated rings. The van der Waals surface area contributed by atoms with Crippen LogP contribution in [0.1, 0.15) is 42.1 Å². The van der Waals surface area contributed by atoms with Crippen LogP contribution in [0.5, 0.6) is 5.75 Å². The Balaban J connectivity index is 1.45. The average molecular weight is 477 g/mol. The van der Waals surface area contributed by atoms with Crippen molar-refractivity contribution in [3.05, 3.63) is 48.3 Å². The molecule has 3 aromatic rings. The lowest BCUT2D eigenvalue weighted by Crippen LogP contribution is -2.21. The van der Waals surface area contributed by atoms with E-state index < -0.39 is 5.91 Å². The summed E-state index contributed by atoms with van der Waals surface area (Å²) in [7, 11) is 1.58. The number of methoxy groups -OCH3 is 1. The number of hydrogen-bond donors (Lipinski definition) is 3. The van der Waals surface area contributed by atoms with E-state index >= 15 is 0 Å². The number of hydrogen-bond acceptors (Lipinski definition) is 7. The van der Waals surface area contributed by atoms with E-state index in [9.17, 15) is 9.59 Å². The van der Waals surface area contributed by atoms with E-state index in [1.807, 2.05) is 35.1 Å². The summed E-state index contributed by atoms with van der Waals surface area (Å²) in [6, 6.07) is 9.40. The predicted molar refractivity (Wildman–Crippen MR) is 131 cm³/mol. The first-order valence-corrected chi connectivity index (χ1v) is 11.7. The van der Waals surface area contributed by atoms with Gasteiger partial charge in [-0.1, -0.05) is 6.07 Å². The van der Waals surface area contributed by atoms with E-state index in [0.29, 0.717) is 29.5 Å². The van der Waals surface area contributed by atoms with Crippen molar-refractivity contribution in [2.45, 2.75) is 31.7 Å². The predicted octanol–water partition coefficient (Wildman–Crippen LogP) is 3.50. The van der Waals surface area contributed by atoms with Gasteiger partial charge < -0.3 is 25.8 Å². The van der Waals surface area contributed by atoms with Gasteiger partial charge in [0.25, 0.3) is 5.91 Å². The number of benzene rings is 1. The molecule has 0 bridgehead atoms. The normalized spacial score (nSPS) is 17.6. The van der Waals surface area contributed by atoms with Crippen molar-refractivity contribution >= 4 is 29.0 Å². The monoisotopic (exact) mass is 476 g/mol. The molecule has 35 heavy (non-hydrogen) atoms. The molecule has 1 aliphatic carbocycles. The number of amides is 2. The average Bonchev–Trinajstić information content (AvgIpc) is 3.61. The smallest absolute Gasteiger partial charge is 0.252 e. The molecule has 2 aromatic heterocycles. The number of rotatable bonds is 8. The molecule has 182 valence electrons. The van der Waals surface area contributed by atoms with Gasteiger partial charge in [-0.2, -0.15) is 5.10 Å². The lowest BCUT2D eigenvalue weighted by molar-refractivity contribution is -0.117. The van der Waals surface area contributed by atoms with Gasteiger partial charge in [-0.3, -0.25) is 14.3 Å². The summed E-state index contributed by atoms with van der Waals surface area (Å²) in [5.41, 5.74) is 8.37. The second kappa shape index (κ2) is 9.75. The SMILES string of the molecule is COc1c(Nc2cc(NC(=O)C3CC3)ncc2C(N)=O)cccc1-c1ccn([C@H]2CCCOC2)n1. The Morgan fingerprint density at radius 1 is 1.20 bits per heavy atom. The van der Waals surface area contributed by atoms with Crippen LogP contribution in [-0.4, -0.2) is 46.9 Å². The van der Waals surface area contributed by atoms with Gasteiger partial charge in [0.2, 0.25) is 5.91 Å². The zero-order valence-electron chi connectivity index (χ0n) is 19.5. The second-order valence-electron chi connectivity index (χ2n) is 8.81. The van der Waals surface area contributed by atoms with E-state index in [0.717, 1.165) is 43.5 Å². The Bertz CT molecular complexity index is 1250. The first kappa shape index (κ1) is 22.9. The molecule has 1 saturated carbocycles. The second-order valence-corrected chi connectivity index (χ2v) is 8.81. The van der Waals surface area contributed by atoms with Crippen LogP contribution in [0.15, 0.2) is 42.7 Å². The standard InChI is InChI=1S/C25H28N6O4/c1-34-23-17(19-9-10-31(30-19)16-4-3-11-35-14-16)5-2-6-20(23)28-21-12-22(27-13-18(21)24(26)32)29-25(33)15-7-8-15/h2,5-6,9-10,12-13,15-16H,3-4,7-8,11,14H2,1H3,(H2,26,32)(H2,27,28,29,33)/t16-/m0/s1. The number of carbonyl (C=O) groups excluding carboxylic acids is 2. The highest BCUT2D eigenvalue weighted by Crippen LogP contribution is 2.38. The van der Waals surface area contributed by atoms with Gasteiger partial charge in [-0.05, 0) is 43.9 Å². The number of carbonyl (C=O) groups is 2. The summed E-state index contributed by atoms with van der Waals surface area (Å²) in [5, 5.41) is 10.8. The lowest BCUT2D eigenvalue weighted by Gasteiger charge is -2.22. The number of pyridine rings is 1. The molecule has 0 unspecified atom stereocenters. The van der Waals surface area contributed by atoms with E-state index in [-0.39, 0.29) is 23.4 Å². The summed E-state index contributed by atoms with van der Waals surface area (Å²) >= 11 is 0. The van der Waals surface area contributed by atoms with Crippen LogP contribution in [-0.2, 0) is 9.53 Å². The lowest BCUT2D eigenvalue weighted by atomic mass is 10.1. The van der Waals surface area contributed by atoms with Crippen LogP contribution in [0.2, 0.25) is 0 Å². The Morgan fingerprint density at radius 2 is 2.06 bits per heavy atom. The van der Waals surface area contributed by atoms with Gasteiger partial charge in [0.15, 0.2) is 5.75 Å². The Labute approximate surface area is 202 Å². The van der Waals surface area contributed by atoms with Crippen molar-refractivity contribution < 1.29 is 19.1 Å². The van der Waals surface area contributed by atoms with Crippen LogP contribution in [0.3, 0.4) is 0 Å². The molecule has 2 amide bonds. The summed E-state index contributed by atoms with van der Waals surface area (Å²) in [5.74, 6) is 0.227. The first-order valence-electron chi connectivity index (χ1n) is 11.7. The molecule has 0 spiro atoms. The molecule has 1 atom stereocenters. The summed E-state index contributed by atoms with van der Waals surface area (Å²) in [4.78, 5) is 28.4. The van der Waals surface area contributed by atoms with Crippen LogP contribution < -0.4 is 21.1 Å². The van der Waals surface area contributed by atoms with Gasteiger partial charge in [-0.25, -0.2) is 4.98 Å². The molecule has 1 aliphatic heterocycles. The van der Waals surface area contributed by atoms with E-state index in [1.165, 1.54) is 6.20 Å². The fraction of sp³-hybridized carbons (Fsp3) is 0.360. The largest absolute Gasteiger partial charge is 0.494 e. The zero-order chi connectivity index (χ0) is 24.4. The molecular formula is C25H28N6O4. The number of nitrogens with zero attached hydrogens (tertiary/aromatic N) is 3. The fourth-order valence-corrected chi connectivity index (χ4v) is 4.22. The van der Waals surface area contributed by atoms with Crippen molar-refractivity contribution in [3.63, 3.8) is 0 Å². The molecular weight excluding hydrogens is 448 g/mol. The maximum absolute atomic E-state index is 12.2. The van der Waals surface area contributed by atoms with E-state index in [1.54, 1.807) is 13.2 Å². The number of aromatic nitrogens is 3. The van der Waals surface area contributed by atoms with Gasteiger partial charge in [0.1, 0.15) is 5.82 Å². The Kier molecular flexibility index (Phi) is 6.37. The highest BCUT2D eigenvalue weighted by atomic mass is 16.5. The zero-order valence-corrected chi connectivity index (χ0v) is 19.5. The summed E-state index contributed by atoms with van der Waals surface area (Å²) in [6.45, 7) is 1.44. The van der Waals surface area contributed by atoms with Gasteiger partial charge in [-0.15, -0.1) is 0 Å². The van der Waals surface area contributed by atoms with E-state index in [4.69, 9.17) is 20.3 Å². The highest BCUT2D eigenvalue weighted by molar-refractivity contribution is 6.01. The highest BCUT2D eigenvalue weighted by Gasteiger charge is 2.30. The third kappa shape index (κ3) is 4.97. The van der Waals surface area contributed by atoms with Gasteiger partial charge in [0.05, 0.1) is 42.4 Å². The number of para-hydroxylation sites is 1. The maximum Gasteiger partial charge on any atom is 0.252 e. The first-order chi connectivity index (χ1) is 17.0. The number of nitrogens with two attached hydrogens (primary N) is 1. The third-order valence-electron chi connectivity index (χ3n) is 6.25. The molecule has 10 heteroatoms. The fourth-order valence-electron chi connectivity index (χ4n) is 4.22. The number of anilines is 3. The van der Waals surface area contributed by atoms with Gasteiger partial charge >= 0.3 is 0 Å². The van der Waals surface area contributed by atoms with Crippen molar-refractivity contribution in [2.24, 2.45) is 11.7 Å². The van der Waals surface area contributed by atoms with E-state index in [2.05, 4.69) is 15.6 Å². The quantitative estimate of drug-likeness (QED) is 0.453. The van der Waals surface area contributed by atoms with Crippen LogP contribution in [0, 0.1) is 5.92 Å².